The number of hydrogen-bond donors (Lipinski definition) is 2. The smallest absolute Gasteiger partial charge is 0.221 e. The zero-order valence-corrected chi connectivity index (χ0v) is 18.3. The van der Waals surface area contributed by atoms with Crippen LogP contribution in [0.1, 0.15) is 23.9 Å². The first-order valence-corrected chi connectivity index (χ1v) is 10.6. The van der Waals surface area contributed by atoms with Crippen LogP contribution in [0.4, 0.5) is 11.4 Å². The molecule has 1 aromatic carbocycles. The number of aromatic nitrogens is 3. The van der Waals surface area contributed by atoms with Gasteiger partial charge in [0, 0.05) is 52.9 Å². The summed E-state index contributed by atoms with van der Waals surface area (Å²) in [7, 11) is 0. The molecule has 31 heavy (non-hydrogen) atoms. The van der Waals surface area contributed by atoms with E-state index in [2.05, 4.69) is 21.4 Å². The van der Waals surface area contributed by atoms with Crippen LogP contribution in [0.5, 0.6) is 0 Å². The fourth-order valence-corrected chi connectivity index (χ4v) is 4.06. The van der Waals surface area contributed by atoms with Crippen LogP contribution in [0.2, 0.25) is 0 Å². The molecule has 4 rings (SSSR count). The number of benzene rings is 1. The van der Waals surface area contributed by atoms with E-state index in [0.717, 1.165) is 33.9 Å². The Morgan fingerprint density at radius 1 is 1.23 bits per heavy atom. The quantitative estimate of drug-likeness (QED) is 0.452. The Bertz CT molecular complexity index is 1310. The zero-order chi connectivity index (χ0) is 21.8. The number of nitrogens with one attached hydrogen (secondary N) is 2. The van der Waals surface area contributed by atoms with Crippen molar-refractivity contribution in [2.45, 2.75) is 20.8 Å². The predicted molar refractivity (Wildman–Crippen MR) is 125 cm³/mol. The van der Waals surface area contributed by atoms with Crippen molar-refractivity contribution in [2.75, 3.05) is 5.32 Å². The van der Waals surface area contributed by atoms with Gasteiger partial charge in [0.15, 0.2) is 0 Å². The number of aromatic amines is 1. The van der Waals surface area contributed by atoms with Crippen molar-refractivity contribution >= 4 is 34.8 Å². The molecule has 0 aliphatic carbocycles. The molecule has 0 radical (unpaired) electrons. The summed E-state index contributed by atoms with van der Waals surface area (Å²) in [5, 5.41) is 9.55. The molecule has 1 amide bonds. The van der Waals surface area contributed by atoms with Crippen molar-refractivity contribution in [2.24, 2.45) is 10.1 Å². The number of anilines is 1. The second-order valence-electron chi connectivity index (χ2n) is 7.08. The normalized spacial score (nSPS) is 11.9. The number of nitrogens with zero attached hydrogens (tertiary/aromatic N) is 4. The first kappa shape index (κ1) is 20.5. The van der Waals surface area contributed by atoms with Crippen LogP contribution < -0.4 is 10.1 Å². The van der Waals surface area contributed by atoms with Crippen molar-refractivity contribution < 1.29 is 4.79 Å². The largest absolute Gasteiger partial charge is 0.362 e. The fraction of sp³-hybridized carbons (Fsp3) is 0.130. The van der Waals surface area contributed by atoms with Gasteiger partial charge < -0.3 is 10.3 Å². The van der Waals surface area contributed by atoms with Crippen LogP contribution in [0.3, 0.4) is 0 Å². The molecular weight excluding hydrogens is 408 g/mol. The lowest BCUT2D eigenvalue weighted by Crippen LogP contribution is -2.11. The van der Waals surface area contributed by atoms with E-state index in [9.17, 15) is 4.79 Å². The molecular formula is C23H22N6OS. The van der Waals surface area contributed by atoms with Gasteiger partial charge in [-0.2, -0.15) is 5.10 Å². The number of carbonyl (C=O) groups excluding carboxylic acids is 1. The molecule has 8 heteroatoms. The highest BCUT2D eigenvalue weighted by Crippen LogP contribution is 2.25. The lowest BCUT2D eigenvalue weighted by atomic mass is 10.2. The minimum absolute atomic E-state index is 0.120. The van der Waals surface area contributed by atoms with Crippen molar-refractivity contribution in [1.82, 2.24) is 14.6 Å². The third-order valence-corrected chi connectivity index (χ3v) is 5.32. The van der Waals surface area contributed by atoms with Gasteiger partial charge in [0.2, 0.25) is 10.7 Å². The standard InChI is InChI=1S/C23H22N6OS/c1-15-10-21(16(2)26-15)22-14-31-23(29(22)25-13-18-6-5-9-24-12-18)28-20-8-4-7-19(11-20)27-17(3)30/h4-14,26H,1-3H3,(H,27,30)/b25-13+,28-23?. The molecule has 4 aromatic rings. The average Bonchev–Trinajstić information content (AvgIpc) is 3.28. The van der Waals surface area contributed by atoms with E-state index >= 15 is 0 Å². The number of H-pyrrole nitrogens is 1. The number of aryl methyl sites for hydroxylation is 2. The molecule has 0 aliphatic heterocycles. The summed E-state index contributed by atoms with van der Waals surface area (Å²) in [6.07, 6.45) is 5.26. The summed E-state index contributed by atoms with van der Waals surface area (Å²) in [6.45, 7) is 5.56. The van der Waals surface area contributed by atoms with Crippen LogP contribution in [0, 0.1) is 13.8 Å². The molecule has 0 fully saturated rings. The third kappa shape index (κ3) is 4.87. The van der Waals surface area contributed by atoms with Gasteiger partial charge in [0.1, 0.15) is 0 Å². The maximum atomic E-state index is 11.4. The highest BCUT2D eigenvalue weighted by atomic mass is 32.1. The molecule has 0 spiro atoms. The second-order valence-corrected chi connectivity index (χ2v) is 7.92. The Kier molecular flexibility index (Phi) is 5.90. The van der Waals surface area contributed by atoms with E-state index in [0.29, 0.717) is 10.5 Å². The lowest BCUT2D eigenvalue weighted by molar-refractivity contribution is -0.114. The van der Waals surface area contributed by atoms with Crippen LogP contribution in [-0.2, 0) is 4.79 Å². The van der Waals surface area contributed by atoms with Gasteiger partial charge in [-0.15, -0.1) is 11.3 Å². The summed E-state index contributed by atoms with van der Waals surface area (Å²) in [5.74, 6) is -0.120. The van der Waals surface area contributed by atoms with Crippen LogP contribution >= 0.6 is 11.3 Å². The number of thiazole rings is 1. The van der Waals surface area contributed by atoms with Crippen molar-refractivity contribution in [1.29, 1.82) is 0 Å². The predicted octanol–water partition coefficient (Wildman–Crippen LogP) is 4.63. The van der Waals surface area contributed by atoms with E-state index in [1.165, 1.54) is 18.3 Å². The van der Waals surface area contributed by atoms with Crippen molar-refractivity contribution in [3.8, 4) is 11.3 Å². The maximum absolute atomic E-state index is 11.4. The molecule has 0 unspecified atom stereocenters. The SMILES string of the molecule is CC(=O)Nc1cccc(N=c2scc(-c3cc(C)[nH]c3C)n2/N=C/c2cccnc2)c1. The third-order valence-electron chi connectivity index (χ3n) is 4.51. The van der Waals surface area contributed by atoms with Gasteiger partial charge in [-0.3, -0.25) is 9.78 Å². The monoisotopic (exact) mass is 430 g/mol. The Morgan fingerprint density at radius 3 is 2.81 bits per heavy atom. The molecule has 0 atom stereocenters. The first-order chi connectivity index (χ1) is 15.0. The van der Waals surface area contributed by atoms with Crippen LogP contribution in [0.25, 0.3) is 11.3 Å². The number of rotatable bonds is 5. The summed E-state index contributed by atoms with van der Waals surface area (Å²) < 4.78 is 1.83. The number of carbonyl (C=O) groups is 1. The van der Waals surface area contributed by atoms with Crippen molar-refractivity contribution in [3.63, 3.8) is 0 Å². The van der Waals surface area contributed by atoms with E-state index in [1.807, 2.05) is 60.3 Å². The molecule has 7 nitrogen and oxygen atoms in total. The molecule has 2 N–H and O–H groups in total. The molecule has 156 valence electrons. The van der Waals surface area contributed by atoms with E-state index in [1.54, 1.807) is 18.6 Å². The molecule has 0 bridgehead atoms. The summed E-state index contributed by atoms with van der Waals surface area (Å²) in [6, 6.07) is 13.4. The minimum Gasteiger partial charge on any atom is -0.362 e. The summed E-state index contributed by atoms with van der Waals surface area (Å²) in [4.78, 5) is 24.4. The van der Waals surface area contributed by atoms with E-state index < -0.39 is 0 Å². The highest BCUT2D eigenvalue weighted by molar-refractivity contribution is 7.07. The molecule has 3 heterocycles. The van der Waals surface area contributed by atoms with Gasteiger partial charge in [-0.1, -0.05) is 12.1 Å². The van der Waals surface area contributed by atoms with Gasteiger partial charge in [-0.25, -0.2) is 9.67 Å². The Labute approximate surface area is 183 Å². The Hall–Kier alpha value is -3.78. The van der Waals surface area contributed by atoms with E-state index in [4.69, 9.17) is 10.1 Å². The number of amides is 1. The Morgan fingerprint density at radius 2 is 2.10 bits per heavy atom. The maximum Gasteiger partial charge on any atom is 0.221 e. The van der Waals surface area contributed by atoms with Crippen LogP contribution in [0.15, 0.2) is 70.3 Å². The lowest BCUT2D eigenvalue weighted by Gasteiger charge is -2.04. The molecule has 0 saturated carbocycles. The highest BCUT2D eigenvalue weighted by Gasteiger charge is 2.12. The average molecular weight is 431 g/mol. The zero-order valence-electron chi connectivity index (χ0n) is 17.5. The van der Waals surface area contributed by atoms with Crippen LogP contribution in [-0.4, -0.2) is 26.8 Å². The number of pyridine rings is 1. The van der Waals surface area contributed by atoms with Gasteiger partial charge in [0.25, 0.3) is 0 Å². The topological polar surface area (TPSA) is 87.4 Å². The summed E-state index contributed by atoms with van der Waals surface area (Å²) in [5.41, 5.74) is 6.50. The minimum atomic E-state index is -0.120. The number of hydrogen-bond acceptors (Lipinski definition) is 5. The Balaban J connectivity index is 1.83. The van der Waals surface area contributed by atoms with Crippen molar-refractivity contribution in [3.05, 3.63) is 82.0 Å². The summed E-state index contributed by atoms with van der Waals surface area (Å²) >= 11 is 1.50. The van der Waals surface area contributed by atoms with Gasteiger partial charge >= 0.3 is 0 Å². The molecule has 3 aromatic heterocycles. The van der Waals surface area contributed by atoms with E-state index in [-0.39, 0.29) is 5.91 Å². The van der Waals surface area contributed by atoms with Gasteiger partial charge in [0.05, 0.1) is 17.6 Å². The van der Waals surface area contributed by atoms with Gasteiger partial charge in [-0.05, 0) is 44.2 Å². The molecule has 0 saturated heterocycles. The second kappa shape index (κ2) is 8.93. The molecule has 0 aliphatic rings. The fourth-order valence-electron chi connectivity index (χ4n) is 3.21. The first-order valence-electron chi connectivity index (χ1n) is 9.73.